The van der Waals surface area contributed by atoms with Crippen molar-refractivity contribution in [2.75, 3.05) is 11.8 Å². The van der Waals surface area contributed by atoms with Gasteiger partial charge in [0.25, 0.3) is 10.0 Å². The number of thiazole rings is 1. The van der Waals surface area contributed by atoms with Crippen LogP contribution in [-0.2, 0) is 21.4 Å². The molecule has 0 unspecified atom stereocenters. The van der Waals surface area contributed by atoms with Gasteiger partial charge in [0.05, 0.1) is 12.8 Å². The maximum Gasteiger partial charge on any atom is 0.273 e. The molecule has 0 saturated heterocycles. The molecule has 0 bridgehead atoms. The van der Waals surface area contributed by atoms with Crippen molar-refractivity contribution in [2.45, 2.75) is 10.8 Å². The zero-order valence-electron chi connectivity index (χ0n) is 9.96. The zero-order chi connectivity index (χ0) is 13.9. The number of aromatic nitrogens is 1. The van der Waals surface area contributed by atoms with Gasteiger partial charge < -0.3 is 4.74 Å². The molecule has 5 nitrogen and oxygen atoms in total. The summed E-state index contributed by atoms with van der Waals surface area (Å²) < 4.78 is 31.8. The second kappa shape index (κ2) is 5.87. The first kappa shape index (κ1) is 14.3. The molecule has 1 heterocycles. The highest BCUT2D eigenvalue weighted by Gasteiger charge is 2.17. The van der Waals surface area contributed by atoms with Crippen LogP contribution in [0.5, 0.6) is 0 Å². The van der Waals surface area contributed by atoms with Crippen LogP contribution in [0.3, 0.4) is 0 Å². The summed E-state index contributed by atoms with van der Waals surface area (Å²) in [4.78, 5) is 3.72. The molecule has 0 saturated carbocycles. The fourth-order valence-corrected chi connectivity index (χ4v) is 3.80. The first-order valence-corrected chi connectivity index (χ1v) is 7.91. The van der Waals surface area contributed by atoms with E-state index in [0.717, 1.165) is 16.9 Å². The molecule has 0 spiro atoms. The number of methoxy groups -OCH3 is 1. The van der Waals surface area contributed by atoms with E-state index in [4.69, 9.17) is 16.3 Å². The molecule has 0 aliphatic rings. The number of nitrogens with one attached hydrogen (secondary N) is 1. The quantitative estimate of drug-likeness (QED) is 0.920. The van der Waals surface area contributed by atoms with E-state index >= 15 is 0 Å². The average Bonchev–Trinajstić information content (AvgIpc) is 2.77. The zero-order valence-corrected chi connectivity index (χ0v) is 12.3. The highest BCUT2D eigenvalue weighted by atomic mass is 35.5. The third-order valence-electron chi connectivity index (χ3n) is 2.21. The third-order valence-corrected chi connectivity index (χ3v) is 5.17. The molecule has 0 fully saturated rings. The monoisotopic (exact) mass is 318 g/mol. The van der Waals surface area contributed by atoms with Gasteiger partial charge in [0, 0.05) is 12.8 Å². The number of anilines is 1. The summed E-state index contributed by atoms with van der Waals surface area (Å²) in [6.45, 7) is 0.419. The van der Waals surface area contributed by atoms with Gasteiger partial charge in [-0.1, -0.05) is 35.1 Å². The first-order valence-electron chi connectivity index (χ1n) is 5.23. The van der Waals surface area contributed by atoms with Gasteiger partial charge >= 0.3 is 0 Å². The van der Waals surface area contributed by atoms with Gasteiger partial charge in [0.1, 0.15) is 0 Å². The van der Waals surface area contributed by atoms with Crippen molar-refractivity contribution >= 4 is 38.6 Å². The minimum absolute atomic E-state index is 0.0784. The lowest BCUT2D eigenvalue weighted by Crippen LogP contribution is -2.11. The van der Waals surface area contributed by atoms with Gasteiger partial charge in [0.2, 0.25) is 0 Å². The van der Waals surface area contributed by atoms with Gasteiger partial charge in [0.15, 0.2) is 8.68 Å². The van der Waals surface area contributed by atoms with Crippen LogP contribution in [-0.4, -0.2) is 20.5 Å². The molecule has 1 aromatic carbocycles. The van der Waals surface area contributed by atoms with Crippen LogP contribution in [0.2, 0.25) is 4.47 Å². The van der Waals surface area contributed by atoms with Crippen molar-refractivity contribution in [3.63, 3.8) is 0 Å². The maximum absolute atomic E-state index is 12.1. The van der Waals surface area contributed by atoms with E-state index in [1.54, 1.807) is 25.3 Å². The van der Waals surface area contributed by atoms with Crippen LogP contribution in [0.4, 0.5) is 5.69 Å². The Morgan fingerprint density at radius 3 is 2.89 bits per heavy atom. The molecule has 2 rings (SSSR count). The summed E-state index contributed by atoms with van der Waals surface area (Å²) in [5, 5.41) is 0. The predicted molar refractivity (Wildman–Crippen MR) is 75.1 cm³/mol. The second-order valence-corrected chi connectivity index (χ2v) is 7.19. The van der Waals surface area contributed by atoms with Crippen molar-refractivity contribution < 1.29 is 13.2 Å². The molecule has 102 valence electrons. The molecule has 0 aliphatic carbocycles. The molecule has 19 heavy (non-hydrogen) atoms. The molecule has 1 aromatic heterocycles. The standard InChI is InChI=1S/C11H11ClN2O3S2/c1-17-7-8-3-2-4-9(5-8)14-19(15,16)10-6-13-11(12)18-10/h2-6,14H,7H2,1H3. The van der Waals surface area contributed by atoms with Crippen molar-refractivity contribution in [1.29, 1.82) is 0 Å². The van der Waals surface area contributed by atoms with Crippen molar-refractivity contribution in [2.24, 2.45) is 0 Å². The van der Waals surface area contributed by atoms with Crippen LogP contribution in [0.25, 0.3) is 0 Å². The van der Waals surface area contributed by atoms with Crippen LogP contribution in [0.15, 0.2) is 34.7 Å². The fraction of sp³-hybridized carbons (Fsp3) is 0.182. The van der Waals surface area contributed by atoms with E-state index < -0.39 is 10.0 Å². The SMILES string of the molecule is COCc1cccc(NS(=O)(=O)c2cnc(Cl)s2)c1. The minimum Gasteiger partial charge on any atom is -0.380 e. The van der Waals surface area contributed by atoms with Gasteiger partial charge in [-0.05, 0) is 17.7 Å². The number of rotatable bonds is 5. The van der Waals surface area contributed by atoms with Gasteiger partial charge in [-0.25, -0.2) is 13.4 Å². The number of ether oxygens (including phenoxy) is 1. The molecular weight excluding hydrogens is 308 g/mol. The third kappa shape index (κ3) is 3.66. The smallest absolute Gasteiger partial charge is 0.273 e. The van der Waals surface area contributed by atoms with E-state index in [-0.39, 0.29) is 8.68 Å². The molecule has 0 radical (unpaired) electrons. The van der Waals surface area contributed by atoms with Crippen molar-refractivity contribution in [3.05, 3.63) is 40.5 Å². The van der Waals surface area contributed by atoms with Crippen molar-refractivity contribution in [1.82, 2.24) is 4.98 Å². The topological polar surface area (TPSA) is 68.3 Å². The predicted octanol–water partition coefficient (Wildman–Crippen LogP) is 2.74. The Hall–Kier alpha value is -1.15. The Labute approximate surface area is 120 Å². The van der Waals surface area contributed by atoms with E-state index in [1.165, 1.54) is 6.20 Å². The molecule has 0 amide bonds. The Balaban J connectivity index is 2.23. The van der Waals surface area contributed by atoms with E-state index in [0.29, 0.717) is 12.3 Å². The molecular formula is C11H11ClN2O3S2. The Morgan fingerprint density at radius 1 is 1.47 bits per heavy atom. The number of halogens is 1. The van der Waals surface area contributed by atoms with Crippen LogP contribution in [0.1, 0.15) is 5.56 Å². The Morgan fingerprint density at radius 2 is 2.26 bits per heavy atom. The Bertz CT molecular complexity index is 670. The van der Waals surface area contributed by atoms with Gasteiger partial charge in [-0.15, -0.1) is 0 Å². The lowest BCUT2D eigenvalue weighted by atomic mass is 10.2. The van der Waals surface area contributed by atoms with E-state index in [2.05, 4.69) is 9.71 Å². The highest BCUT2D eigenvalue weighted by molar-refractivity contribution is 7.94. The number of benzene rings is 1. The van der Waals surface area contributed by atoms with Gasteiger partial charge in [-0.3, -0.25) is 4.72 Å². The highest BCUT2D eigenvalue weighted by Crippen LogP contribution is 2.24. The Kier molecular flexibility index (Phi) is 4.41. The number of nitrogens with zero attached hydrogens (tertiary/aromatic N) is 1. The molecule has 0 atom stereocenters. The molecule has 1 N–H and O–H groups in total. The molecule has 8 heteroatoms. The van der Waals surface area contributed by atoms with Crippen LogP contribution >= 0.6 is 22.9 Å². The summed E-state index contributed by atoms with van der Waals surface area (Å²) in [5.74, 6) is 0. The maximum atomic E-state index is 12.1. The van der Waals surface area contributed by atoms with Crippen LogP contribution in [0, 0.1) is 0 Å². The molecule has 0 aliphatic heterocycles. The minimum atomic E-state index is -3.64. The second-order valence-electron chi connectivity index (χ2n) is 3.67. The molecule has 2 aromatic rings. The lowest BCUT2D eigenvalue weighted by molar-refractivity contribution is 0.185. The summed E-state index contributed by atoms with van der Waals surface area (Å²) in [6, 6.07) is 6.99. The summed E-state index contributed by atoms with van der Waals surface area (Å²) in [6.07, 6.45) is 1.23. The van der Waals surface area contributed by atoms with E-state index in [1.807, 2.05) is 6.07 Å². The average molecular weight is 319 g/mol. The van der Waals surface area contributed by atoms with Crippen LogP contribution < -0.4 is 4.72 Å². The number of hydrogen-bond acceptors (Lipinski definition) is 5. The number of sulfonamides is 1. The largest absolute Gasteiger partial charge is 0.380 e. The normalized spacial score (nSPS) is 11.5. The summed E-state index contributed by atoms with van der Waals surface area (Å²) in [7, 11) is -2.06. The van der Waals surface area contributed by atoms with E-state index in [9.17, 15) is 8.42 Å². The number of hydrogen-bond donors (Lipinski definition) is 1. The summed E-state index contributed by atoms with van der Waals surface area (Å²) in [5.41, 5.74) is 1.35. The first-order chi connectivity index (χ1) is 9.01. The fourth-order valence-electron chi connectivity index (χ4n) is 1.46. The van der Waals surface area contributed by atoms with Gasteiger partial charge in [-0.2, -0.15) is 0 Å². The summed E-state index contributed by atoms with van der Waals surface area (Å²) >= 11 is 6.54. The lowest BCUT2D eigenvalue weighted by Gasteiger charge is -2.07. The van der Waals surface area contributed by atoms with Crippen molar-refractivity contribution in [3.8, 4) is 0 Å².